The van der Waals surface area contributed by atoms with Gasteiger partial charge in [-0.1, -0.05) is 18.9 Å². The van der Waals surface area contributed by atoms with Crippen LogP contribution in [-0.4, -0.2) is 45.9 Å². The van der Waals surface area contributed by atoms with Crippen LogP contribution < -0.4 is 14.8 Å². The van der Waals surface area contributed by atoms with E-state index in [9.17, 15) is 13.2 Å². The minimum absolute atomic E-state index is 0.174. The lowest BCUT2D eigenvalue weighted by atomic mass is 10.1. The third kappa shape index (κ3) is 4.96. The van der Waals surface area contributed by atoms with E-state index in [0.29, 0.717) is 40.3 Å². The van der Waals surface area contributed by atoms with Gasteiger partial charge in [0.2, 0.25) is 10.0 Å². The van der Waals surface area contributed by atoms with Crippen LogP contribution in [0.3, 0.4) is 0 Å². The normalized spacial score (nSPS) is 15.3. The Labute approximate surface area is 185 Å². The summed E-state index contributed by atoms with van der Waals surface area (Å²) in [5, 5.41) is 2.76. The van der Waals surface area contributed by atoms with Gasteiger partial charge in [-0.05, 0) is 59.1 Å². The molecule has 1 aliphatic rings. The number of hydrogen-bond donors (Lipinski definition) is 1. The number of rotatable bonds is 6. The molecule has 9 heteroatoms. The van der Waals surface area contributed by atoms with Gasteiger partial charge in [0.05, 0.1) is 19.1 Å². The highest BCUT2D eigenvalue weighted by atomic mass is 79.9. The number of anilines is 1. The third-order valence-electron chi connectivity index (χ3n) is 5.00. The zero-order valence-corrected chi connectivity index (χ0v) is 19.4. The Hall–Kier alpha value is -2.10. The molecule has 30 heavy (non-hydrogen) atoms. The Balaban J connectivity index is 1.84. The van der Waals surface area contributed by atoms with Gasteiger partial charge in [-0.2, -0.15) is 4.31 Å². The number of carbonyl (C=O) groups excluding carboxylic acids is 1. The standard InChI is InChI=1S/C21H25BrN2O5S/c1-28-18-12-15(13-19(29-2)20(18)22)21(25)23-16-8-7-9-17(14-16)30(26,27)24-10-5-3-4-6-11-24/h7-9,12-14H,3-6,10-11H2,1-2H3,(H,23,25). The number of methoxy groups -OCH3 is 2. The number of nitrogens with one attached hydrogen (secondary N) is 1. The van der Waals surface area contributed by atoms with Gasteiger partial charge in [0, 0.05) is 24.3 Å². The van der Waals surface area contributed by atoms with Gasteiger partial charge in [-0.25, -0.2) is 8.42 Å². The van der Waals surface area contributed by atoms with Crippen LogP contribution in [0.25, 0.3) is 0 Å². The van der Waals surface area contributed by atoms with E-state index in [1.807, 2.05) is 0 Å². The minimum atomic E-state index is -3.60. The van der Waals surface area contributed by atoms with Crippen LogP contribution in [0.1, 0.15) is 36.0 Å². The number of nitrogens with zero attached hydrogens (tertiary/aromatic N) is 1. The van der Waals surface area contributed by atoms with Crippen LogP contribution in [0.2, 0.25) is 0 Å². The van der Waals surface area contributed by atoms with Crippen LogP contribution in [-0.2, 0) is 10.0 Å². The topological polar surface area (TPSA) is 84.9 Å². The first kappa shape index (κ1) is 22.6. The minimum Gasteiger partial charge on any atom is -0.495 e. The zero-order valence-electron chi connectivity index (χ0n) is 17.0. The molecule has 1 aliphatic heterocycles. The highest BCUT2D eigenvalue weighted by Gasteiger charge is 2.25. The molecule has 7 nitrogen and oxygen atoms in total. The Bertz CT molecular complexity index is 993. The lowest BCUT2D eigenvalue weighted by Gasteiger charge is -2.20. The van der Waals surface area contributed by atoms with Gasteiger partial charge in [0.15, 0.2) is 0 Å². The summed E-state index contributed by atoms with van der Waals surface area (Å²) in [5.41, 5.74) is 0.726. The lowest BCUT2D eigenvalue weighted by Crippen LogP contribution is -2.32. The monoisotopic (exact) mass is 496 g/mol. The maximum Gasteiger partial charge on any atom is 0.255 e. The van der Waals surface area contributed by atoms with Crippen molar-refractivity contribution in [2.45, 2.75) is 30.6 Å². The maximum atomic E-state index is 13.0. The molecule has 2 aromatic rings. The van der Waals surface area contributed by atoms with E-state index in [-0.39, 0.29) is 4.90 Å². The summed E-state index contributed by atoms with van der Waals surface area (Å²) >= 11 is 3.37. The number of halogens is 1. The quantitative estimate of drug-likeness (QED) is 0.644. The largest absolute Gasteiger partial charge is 0.495 e. The molecule has 0 aromatic heterocycles. The Kier molecular flexibility index (Phi) is 7.38. The summed E-state index contributed by atoms with van der Waals surface area (Å²) < 4.78 is 38.8. The molecule has 0 spiro atoms. The Morgan fingerprint density at radius 3 is 2.17 bits per heavy atom. The Morgan fingerprint density at radius 1 is 1.00 bits per heavy atom. The average molecular weight is 497 g/mol. The first-order chi connectivity index (χ1) is 14.4. The number of ether oxygens (including phenoxy) is 2. The second-order valence-electron chi connectivity index (χ2n) is 7.00. The molecule has 0 atom stereocenters. The summed E-state index contributed by atoms with van der Waals surface area (Å²) in [7, 11) is -0.603. The van der Waals surface area contributed by atoms with Crippen LogP contribution in [0.15, 0.2) is 45.8 Å². The van der Waals surface area contributed by atoms with Crippen molar-refractivity contribution in [2.75, 3.05) is 32.6 Å². The fourth-order valence-corrected chi connectivity index (χ4v) is 5.49. The molecule has 0 aliphatic carbocycles. The molecule has 1 fully saturated rings. The summed E-state index contributed by atoms with van der Waals surface area (Å²) in [5.74, 6) is 0.511. The van der Waals surface area contributed by atoms with Gasteiger partial charge < -0.3 is 14.8 Å². The van der Waals surface area contributed by atoms with E-state index in [0.717, 1.165) is 25.7 Å². The van der Waals surface area contributed by atoms with Crippen molar-refractivity contribution in [1.29, 1.82) is 0 Å². The van der Waals surface area contributed by atoms with Crippen molar-refractivity contribution in [3.63, 3.8) is 0 Å². The van der Waals surface area contributed by atoms with E-state index in [4.69, 9.17) is 9.47 Å². The molecule has 3 rings (SSSR count). The second kappa shape index (κ2) is 9.80. The number of hydrogen-bond acceptors (Lipinski definition) is 5. The molecule has 0 unspecified atom stereocenters. The third-order valence-corrected chi connectivity index (χ3v) is 7.68. The summed E-state index contributed by atoms with van der Waals surface area (Å²) in [6.07, 6.45) is 3.82. The number of sulfonamides is 1. The fraction of sp³-hybridized carbons (Fsp3) is 0.381. The molecule has 2 aromatic carbocycles. The molecule has 1 amide bonds. The number of amides is 1. The predicted octanol–water partition coefficient (Wildman–Crippen LogP) is 4.28. The van der Waals surface area contributed by atoms with E-state index >= 15 is 0 Å². The summed E-state index contributed by atoms with van der Waals surface area (Å²) in [4.78, 5) is 12.9. The van der Waals surface area contributed by atoms with Crippen LogP contribution in [0, 0.1) is 0 Å². The summed E-state index contributed by atoms with van der Waals surface area (Å²) in [6, 6.07) is 9.50. The number of benzene rings is 2. The van der Waals surface area contributed by atoms with Crippen LogP contribution in [0.5, 0.6) is 11.5 Å². The molecule has 1 saturated heterocycles. The molecular formula is C21H25BrN2O5S. The van der Waals surface area contributed by atoms with E-state index < -0.39 is 15.9 Å². The molecular weight excluding hydrogens is 472 g/mol. The van der Waals surface area contributed by atoms with E-state index in [1.54, 1.807) is 30.3 Å². The maximum absolute atomic E-state index is 13.0. The smallest absolute Gasteiger partial charge is 0.255 e. The van der Waals surface area contributed by atoms with Crippen LogP contribution in [0.4, 0.5) is 5.69 Å². The second-order valence-corrected chi connectivity index (χ2v) is 9.73. The summed E-state index contributed by atoms with van der Waals surface area (Å²) in [6.45, 7) is 1.05. The molecule has 1 N–H and O–H groups in total. The first-order valence-electron chi connectivity index (χ1n) is 9.70. The van der Waals surface area contributed by atoms with Gasteiger partial charge in [0.25, 0.3) is 5.91 Å². The molecule has 0 bridgehead atoms. The molecule has 162 valence electrons. The lowest BCUT2D eigenvalue weighted by molar-refractivity contribution is 0.102. The van der Waals surface area contributed by atoms with Crippen molar-refractivity contribution < 1.29 is 22.7 Å². The SMILES string of the molecule is COc1cc(C(=O)Nc2cccc(S(=O)(=O)N3CCCCCC3)c2)cc(OC)c1Br. The molecule has 0 radical (unpaired) electrons. The highest BCUT2D eigenvalue weighted by Crippen LogP contribution is 2.36. The van der Waals surface area contributed by atoms with Gasteiger partial charge >= 0.3 is 0 Å². The van der Waals surface area contributed by atoms with Crippen molar-refractivity contribution in [3.8, 4) is 11.5 Å². The first-order valence-corrected chi connectivity index (χ1v) is 11.9. The highest BCUT2D eigenvalue weighted by molar-refractivity contribution is 9.10. The van der Waals surface area contributed by atoms with Crippen molar-refractivity contribution >= 4 is 37.5 Å². The van der Waals surface area contributed by atoms with Gasteiger partial charge in [0.1, 0.15) is 16.0 Å². The van der Waals surface area contributed by atoms with Crippen molar-refractivity contribution in [2.24, 2.45) is 0 Å². The van der Waals surface area contributed by atoms with Gasteiger partial charge in [-0.15, -0.1) is 0 Å². The van der Waals surface area contributed by atoms with Crippen molar-refractivity contribution in [3.05, 3.63) is 46.4 Å². The van der Waals surface area contributed by atoms with E-state index in [1.165, 1.54) is 24.6 Å². The molecule has 1 heterocycles. The van der Waals surface area contributed by atoms with Crippen molar-refractivity contribution in [1.82, 2.24) is 4.31 Å². The fourth-order valence-electron chi connectivity index (χ4n) is 3.37. The number of carbonyl (C=O) groups is 1. The predicted molar refractivity (Wildman–Crippen MR) is 119 cm³/mol. The van der Waals surface area contributed by atoms with Gasteiger partial charge in [-0.3, -0.25) is 4.79 Å². The van der Waals surface area contributed by atoms with E-state index in [2.05, 4.69) is 21.2 Å². The zero-order chi connectivity index (χ0) is 21.7. The Morgan fingerprint density at radius 2 is 1.60 bits per heavy atom. The average Bonchev–Trinajstić information content (AvgIpc) is 3.04. The van der Waals surface area contributed by atoms with Crippen LogP contribution >= 0.6 is 15.9 Å². The molecule has 0 saturated carbocycles.